The van der Waals surface area contributed by atoms with E-state index in [1.165, 1.54) is 20.2 Å². The van der Waals surface area contributed by atoms with Crippen LogP contribution >= 0.6 is 11.3 Å². The van der Waals surface area contributed by atoms with E-state index in [4.69, 9.17) is 0 Å². The van der Waals surface area contributed by atoms with E-state index in [-0.39, 0.29) is 11.9 Å². The van der Waals surface area contributed by atoms with Gasteiger partial charge in [-0.1, -0.05) is 44.2 Å². The van der Waals surface area contributed by atoms with Gasteiger partial charge in [0, 0.05) is 23.3 Å². The number of carbonyl (C=O) groups is 2. The number of rotatable bonds is 5. The van der Waals surface area contributed by atoms with Gasteiger partial charge in [0.15, 0.2) is 6.67 Å². The quantitative estimate of drug-likeness (QED) is 0.778. The third kappa shape index (κ3) is 2.87. The summed E-state index contributed by atoms with van der Waals surface area (Å²) in [5.74, 6) is -0.125. The summed E-state index contributed by atoms with van der Waals surface area (Å²) in [5, 5.41) is 5.15. The number of quaternary nitrogens is 1. The molecule has 1 fully saturated rings. The van der Waals surface area contributed by atoms with E-state index < -0.39 is 5.54 Å². The summed E-state index contributed by atoms with van der Waals surface area (Å²) < 4.78 is 0. The Kier molecular flexibility index (Phi) is 4.78. The molecule has 4 rings (SSSR count). The van der Waals surface area contributed by atoms with Crippen LogP contribution in [0.25, 0.3) is 0 Å². The van der Waals surface area contributed by atoms with Gasteiger partial charge in [-0.3, -0.25) is 4.79 Å². The normalized spacial score (nSPS) is 27.6. The fourth-order valence-corrected chi connectivity index (χ4v) is 5.51. The van der Waals surface area contributed by atoms with Crippen LogP contribution in [-0.2, 0) is 16.8 Å². The minimum absolute atomic E-state index is 0.125. The minimum atomic E-state index is -0.942. The molecule has 2 aliphatic rings. The van der Waals surface area contributed by atoms with Gasteiger partial charge in [0.05, 0.1) is 6.54 Å². The number of urea groups is 1. The van der Waals surface area contributed by atoms with E-state index in [0.29, 0.717) is 19.1 Å². The zero-order valence-electron chi connectivity index (χ0n) is 15.8. The maximum atomic E-state index is 13.4. The Bertz CT molecular complexity index is 850. The molecule has 1 unspecified atom stereocenters. The Morgan fingerprint density at radius 1 is 1.22 bits per heavy atom. The van der Waals surface area contributed by atoms with Crippen molar-refractivity contribution in [1.82, 2.24) is 10.2 Å². The number of nitrogens with zero attached hydrogens (tertiary/aromatic N) is 1. The number of imide groups is 1. The van der Waals surface area contributed by atoms with Crippen molar-refractivity contribution in [2.75, 3.05) is 13.2 Å². The van der Waals surface area contributed by atoms with E-state index in [2.05, 4.69) is 23.7 Å². The average Bonchev–Trinajstić information content (AvgIpc) is 3.27. The van der Waals surface area contributed by atoms with Gasteiger partial charge in [0.1, 0.15) is 11.6 Å². The Morgan fingerprint density at radius 3 is 2.70 bits per heavy atom. The Morgan fingerprint density at radius 2 is 2.00 bits per heavy atom. The molecule has 1 aromatic carbocycles. The number of amides is 3. The van der Waals surface area contributed by atoms with Gasteiger partial charge in [-0.15, -0.1) is 11.3 Å². The first-order valence-corrected chi connectivity index (χ1v) is 10.6. The maximum absolute atomic E-state index is 13.4. The molecular weight excluding hydrogens is 358 g/mol. The van der Waals surface area contributed by atoms with Crippen LogP contribution in [-0.4, -0.2) is 30.1 Å². The molecule has 0 radical (unpaired) electrons. The highest BCUT2D eigenvalue weighted by molar-refractivity contribution is 7.10. The maximum Gasteiger partial charge on any atom is 0.329 e. The molecule has 142 valence electrons. The van der Waals surface area contributed by atoms with Crippen molar-refractivity contribution in [1.29, 1.82) is 0 Å². The number of hydrogen-bond acceptors (Lipinski definition) is 3. The molecule has 6 heteroatoms. The molecule has 0 spiro atoms. The van der Waals surface area contributed by atoms with E-state index in [1.54, 1.807) is 0 Å². The van der Waals surface area contributed by atoms with Gasteiger partial charge in [-0.25, -0.2) is 9.69 Å². The molecular formula is C21H26N3O2S+. The molecule has 2 aromatic rings. The number of carbonyl (C=O) groups excluding carboxylic acids is 2. The van der Waals surface area contributed by atoms with Crippen LogP contribution in [0.2, 0.25) is 0 Å². The molecule has 5 nitrogen and oxygen atoms in total. The van der Waals surface area contributed by atoms with Gasteiger partial charge < -0.3 is 10.2 Å². The molecule has 1 aromatic heterocycles. The predicted molar refractivity (Wildman–Crippen MR) is 106 cm³/mol. The van der Waals surface area contributed by atoms with Crippen molar-refractivity contribution in [3.8, 4) is 0 Å². The molecule has 3 amide bonds. The highest BCUT2D eigenvalue weighted by atomic mass is 32.1. The van der Waals surface area contributed by atoms with E-state index >= 15 is 0 Å². The Labute approximate surface area is 164 Å². The zero-order valence-corrected chi connectivity index (χ0v) is 16.6. The number of fused-ring (bicyclic) bond motifs is 1. The molecule has 0 saturated carbocycles. The van der Waals surface area contributed by atoms with Gasteiger partial charge in [-0.2, -0.15) is 0 Å². The van der Waals surface area contributed by atoms with Crippen LogP contribution in [0.4, 0.5) is 4.79 Å². The molecule has 0 aliphatic carbocycles. The number of thiophene rings is 1. The van der Waals surface area contributed by atoms with Crippen LogP contribution in [0, 0.1) is 0 Å². The smallest absolute Gasteiger partial charge is 0.319 e. The fourth-order valence-electron chi connectivity index (χ4n) is 4.57. The summed E-state index contributed by atoms with van der Waals surface area (Å²) in [7, 11) is 0. The summed E-state index contributed by atoms with van der Waals surface area (Å²) in [6.07, 6.45) is 2.56. The second-order valence-electron chi connectivity index (χ2n) is 7.36. The van der Waals surface area contributed by atoms with Crippen molar-refractivity contribution in [3.63, 3.8) is 0 Å². The van der Waals surface area contributed by atoms with Gasteiger partial charge >= 0.3 is 6.03 Å². The predicted octanol–water partition coefficient (Wildman–Crippen LogP) is 2.46. The highest BCUT2D eigenvalue weighted by Gasteiger charge is 2.52. The third-order valence-corrected chi connectivity index (χ3v) is 7.06. The Hall–Kier alpha value is -2.18. The highest BCUT2D eigenvalue weighted by Crippen LogP contribution is 2.32. The van der Waals surface area contributed by atoms with E-state index in [1.807, 2.05) is 48.6 Å². The topological polar surface area (TPSA) is 53.9 Å². The number of benzene rings is 1. The van der Waals surface area contributed by atoms with Gasteiger partial charge in [0.25, 0.3) is 5.91 Å². The van der Waals surface area contributed by atoms with Gasteiger partial charge in [0.2, 0.25) is 0 Å². The molecule has 3 heterocycles. The third-order valence-electron chi connectivity index (χ3n) is 6.06. The summed E-state index contributed by atoms with van der Waals surface area (Å²) in [4.78, 5) is 30.3. The van der Waals surface area contributed by atoms with Crippen molar-refractivity contribution in [3.05, 3.63) is 57.8 Å². The average molecular weight is 385 g/mol. The van der Waals surface area contributed by atoms with Crippen molar-refractivity contribution >= 4 is 23.3 Å². The standard InChI is InChI=1S/C21H25N3O2S/c1-3-17-16-11-13-27-18(16)10-12-23(17)14-24-19(25)21(4-2,22-20(24)26)15-8-6-5-7-9-15/h5-9,11,13,17H,3-4,10,12,14H2,1-2H3,(H,22,26)/p+1/t17-,21+/m0/s1. The lowest BCUT2D eigenvalue weighted by molar-refractivity contribution is -0.940. The van der Waals surface area contributed by atoms with Crippen LogP contribution in [0.1, 0.15) is 48.7 Å². The Balaban J connectivity index is 1.60. The molecule has 2 N–H and O–H groups in total. The largest absolute Gasteiger partial charge is 0.329 e. The SMILES string of the molecule is CC[C@H]1c2ccsc2CC[NH+]1CN1C(=O)N[C@](CC)(c2ccccc2)C1=O. The lowest BCUT2D eigenvalue weighted by atomic mass is 9.87. The molecule has 2 aliphatic heterocycles. The number of nitrogens with one attached hydrogen (secondary N) is 2. The minimum Gasteiger partial charge on any atom is -0.319 e. The lowest BCUT2D eigenvalue weighted by Crippen LogP contribution is -3.14. The van der Waals surface area contributed by atoms with E-state index in [9.17, 15) is 9.59 Å². The summed E-state index contributed by atoms with van der Waals surface area (Å²) in [6, 6.07) is 11.9. The van der Waals surface area contributed by atoms with Crippen LogP contribution < -0.4 is 10.2 Å². The molecule has 27 heavy (non-hydrogen) atoms. The first kappa shape index (κ1) is 18.2. The molecule has 0 bridgehead atoms. The van der Waals surface area contributed by atoms with Crippen molar-refractivity contribution < 1.29 is 14.5 Å². The molecule has 3 atom stereocenters. The van der Waals surface area contributed by atoms with Gasteiger partial charge in [-0.05, 0) is 23.4 Å². The van der Waals surface area contributed by atoms with Crippen molar-refractivity contribution in [2.24, 2.45) is 0 Å². The summed E-state index contributed by atoms with van der Waals surface area (Å²) in [5.41, 5.74) is 1.30. The van der Waals surface area contributed by atoms with E-state index in [0.717, 1.165) is 24.9 Å². The zero-order chi connectivity index (χ0) is 19.0. The van der Waals surface area contributed by atoms with Crippen LogP contribution in [0.3, 0.4) is 0 Å². The fraction of sp³-hybridized carbons (Fsp3) is 0.429. The second kappa shape index (κ2) is 7.09. The number of hydrogen-bond donors (Lipinski definition) is 2. The van der Waals surface area contributed by atoms with Crippen LogP contribution in [0.5, 0.6) is 0 Å². The molecule has 1 saturated heterocycles. The van der Waals surface area contributed by atoms with Crippen LogP contribution in [0.15, 0.2) is 41.8 Å². The van der Waals surface area contributed by atoms with Crippen molar-refractivity contribution in [2.45, 2.75) is 44.7 Å². The first-order chi connectivity index (χ1) is 13.1. The first-order valence-electron chi connectivity index (χ1n) is 9.71. The monoisotopic (exact) mass is 384 g/mol. The summed E-state index contributed by atoms with van der Waals surface area (Å²) >= 11 is 1.82. The summed E-state index contributed by atoms with van der Waals surface area (Å²) in [6.45, 7) is 5.51. The lowest BCUT2D eigenvalue weighted by Gasteiger charge is -2.34. The second-order valence-corrected chi connectivity index (χ2v) is 8.37.